The molecule has 88 valence electrons. The number of amides is 1. The van der Waals surface area contributed by atoms with Crippen molar-refractivity contribution in [2.24, 2.45) is 0 Å². The zero-order chi connectivity index (χ0) is 11.5. The monoisotopic (exact) mass is 238 g/mol. The number of thiophene rings is 1. The van der Waals surface area contributed by atoms with E-state index in [4.69, 9.17) is 0 Å². The molecule has 1 fully saturated rings. The van der Waals surface area contributed by atoms with Gasteiger partial charge in [0.15, 0.2) is 0 Å². The average molecular weight is 238 g/mol. The Hall–Kier alpha value is -0.870. The molecule has 1 aliphatic heterocycles. The van der Waals surface area contributed by atoms with Crippen LogP contribution in [0.15, 0.2) is 12.1 Å². The molecule has 1 aliphatic rings. The van der Waals surface area contributed by atoms with Gasteiger partial charge in [-0.2, -0.15) is 0 Å². The van der Waals surface area contributed by atoms with Gasteiger partial charge in [0, 0.05) is 24.5 Å². The maximum absolute atomic E-state index is 12.2. The molecule has 0 aromatic carbocycles. The molecule has 1 N–H and O–H groups in total. The Bertz CT molecular complexity index is 369. The summed E-state index contributed by atoms with van der Waals surface area (Å²) in [5.41, 5.74) is 0. The van der Waals surface area contributed by atoms with Gasteiger partial charge in [0.25, 0.3) is 5.91 Å². The number of likely N-dealkylation sites (N-methyl/N-ethyl adjacent to an activating group) is 1. The van der Waals surface area contributed by atoms with Crippen LogP contribution in [0.25, 0.3) is 0 Å². The average Bonchev–Trinajstić information content (AvgIpc) is 2.97. The Morgan fingerprint density at radius 3 is 3.00 bits per heavy atom. The minimum Gasteiger partial charge on any atom is -0.337 e. The van der Waals surface area contributed by atoms with E-state index in [2.05, 4.69) is 18.3 Å². The molecule has 0 saturated carbocycles. The highest BCUT2D eigenvalue weighted by molar-refractivity contribution is 7.14. The van der Waals surface area contributed by atoms with Crippen molar-refractivity contribution in [1.29, 1.82) is 0 Å². The van der Waals surface area contributed by atoms with Crippen molar-refractivity contribution in [2.75, 3.05) is 20.1 Å². The molecule has 0 bridgehead atoms. The Morgan fingerprint density at radius 1 is 1.62 bits per heavy atom. The SMILES string of the molecule is CCc1ccc(C(=O)N(C)C2CCNC2)s1. The van der Waals surface area contributed by atoms with E-state index in [9.17, 15) is 4.79 Å². The van der Waals surface area contributed by atoms with E-state index in [1.165, 1.54) is 4.88 Å². The standard InChI is InChI=1S/C12H18N2OS/c1-3-10-4-5-11(16-10)12(15)14(2)9-6-7-13-8-9/h4-5,9,13H,3,6-8H2,1-2H3. The lowest BCUT2D eigenvalue weighted by molar-refractivity contribution is 0.0748. The van der Waals surface area contributed by atoms with Crippen molar-refractivity contribution < 1.29 is 4.79 Å². The third-order valence-corrected chi connectivity index (χ3v) is 4.34. The largest absolute Gasteiger partial charge is 0.337 e. The van der Waals surface area contributed by atoms with E-state index in [0.29, 0.717) is 6.04 Å². The van der Waals surface area contributed by atoms with Crippen molar-refractivity contribution in [2.45, 2.75) is 25.8 Å². The van der Waals surface area contributed by atoms with Crippen molar-refractivity contribution in [3.8, 4) is 0 Å². The first kappa shape index (κ1) is 11.6. The predicted molar refractivity (Wildman–Crippen MR) is 67.1 cm³/mol. The van der Waals surface area contributed by atoms with E-state index < -0.39 is 0 Å². The zero-order valence-electron chi connectivity index (χ0n) is 9.82. The van der Waals surface area contributed by atoms with E-state index in [1.54, 1.807) is 11.3 Å². The van der Waals surface area contributed by atoms with Crippen LogP contribution >= 0.6 is 11.3 Å². The van der Waals surface area contributed by atoms with Crippen molar-refractivity contribution >= 4 is 17.2 Å². The number of nitrogens with zero attached hydrogens (tertiary/aromatic N) is 1. The van der Waals surface area contributed by atoms with Gasteiger partial charge in [-0.3, -0.25) is 4.79 Å². The van der Waals surface area contributed by atoms with E-state index in [0.717, 1.165) is 30.8 Å². The van der Waals surface area contributed by atoms with Crippen LogP contribution in [-0.2, 0) is 6.42 Å². The molecule has 1 aromatic heterocycles. The van der Waals surface area contributed by atoms with Gasteiger partial charge in [-0.1, -0.05) is 6.92 Å². The van der Waals surface area contributed by atoms with Gasteiger partial charge in [0.05, 0.1) is 4.88 Å². The number of nitrogens with one attached hydrogen (secondary N) is 1. The third-order valence-electron chi connectivity index (χ3n) is 3.12. The van der Waals surface area contributed by atoms with Crippen molar-refractivity contribution in [1.82, 2.24) is 10.2 Å². The molecule has 1 atom stereocenters. The Kier molecular flexibility index (Phi) is 3.61. The first-order chi connectivity index (χ1) is 7.72. The highest BCUT2D eigenvalue weighted by Crippen LogP contribution is 2.20. The van der Waals surface area contributed by atoms with E-state index in [1.807, 2.05) is 18.0 Å². The maximum atomic E-state index is 12.2. The summed E-state index contributed by atoms with van der Waals surface area (Å²) in [6.45, 7) is 4.06. The molecular weight excluding hydrogens is 220 g/mol. The molecule has 0 aliphatic carbocycles. The van der Waals surface area contributed by atoms with Crippen LogP contribution in [-0.4, -0.2) is 37.0 Å². The number of hydrogen-bond acceptors (Lipinski definition) is 3. The fourth-order valence-electron chi connectivity index (χ4n) is 1.99. The Balaban J connectivity index is 2.05. The fourth-order valence-corrected chi connectivity index (χ4v) is 2.92. The second-order valence-electron chi connectivity index (χ2n) is 4.18. The summed E-state index contributed by atoms with van der Waals surface area (Å²) >= 11 is 1.62. The summed E-state index contributed by atoms with van der Waals surface area (Å²) in [6.07, 6.45) is 2.07. The molecule has 1 saturated heterocycles. The molecule has 1 amide bonds. The second-order valence-corrected chi connectivity index (χ2v) is 5.35. The highest BCUT2D eigenvalue weighted by atomic mass is 32.1. The predicted octanol–water partition coefficient (Wildman–Crippen LogP) is 1.74. The molecule has 2 heterocycles. The lowest BCUT2D eigenvalue weighted by Gasteiger charge is -2.22. The van der Waals surface area contributed by atoms with Gasteiger partial charge in [0.2, 0.25) is 0 Å². The topological polar surface area (TPSA) is 32.3 Å². The van der Waals surface area contributed by atoms with Gasteiger partial charge in [-0.05, 0) is 31.5 Å². The number of rotatable bonds is 3. The minimum atomic E-state index is 0.165. The molecule has 3 nitrogen and oxygen atoms in total. The van der Waals surface area contributed by atoms with Gasteiger partial charge in [-0.15, -0.1) is 11.3 Å². The molecule has 16 heavy (non-hydrogen) atoms. The minimum absolute atomic E-state index is 0.165. The lowest BCUT2D eigenvalue weighted by Crippen LogP contribution is -2.37. The van der Waals surface area contributed by atoms with Crippen LogP contribution in [0.5, 0.6) is 0 Å². The van der Waals surface area contributed by atoms with Crippen LogP contribution in [0.3, 0.4) is 0 Å². The first-order valence-electron chi connectivity index (χ1n) is 5.79. The van der Waals surface area contributed by atoms with Crippen molar-refractivity contribution in [3.63, 3.8) is 0 Å². The Labute approximate surface area is 100 Å². The summed E-state index contributed by atoms with van der Waals surface area (Å²) in [5.74, 6) is 0.165. The van der Waals surface area contributed by atoms with E-state index in [-0.39, 0.29) is 5.91 Å². The van der Waals surface area contributed by atoms with Crippen LogP contribution in [0.4, 0.5) is 0 Å². The summed E-state index contributed by atoms with van der Waals surface area (Å²) in [4.78, 5) is 16.2. The second kappa shape index (κ2) is 4.97. The van der Waals surface area contributed by atoms with Crippen LogP contribution in [0.1, 0.15) is 27.9 Å². The molecule has 4 heteroatoms. The normalized spacial score (nSPS) is 20.0. The lowest BCUT2D eigenvalue weighted by atomic mass is 10.2. The van der Waals surface area contributed by atoms with Gasteiger partial charge < -0.3 is 10.2 Å². The molecular formula is C12H18N2OS. The smallest absolute Gasteiger partial charge is 0.263 e. The number of hydrogen-bond donors (Lipinski definition) is 1. The van der Waals surface area contributed by atoms with E-state index >= 15 is 0 Å². The number of aryl methyl sites for hydroxylation is 1. The summed E-state index contributed by atoms with van der Waals surface area (Å²) in [5, 5.41) is 3.29. The van der Waals surface area contributed by atoms with Crippen molar-refractivity contribution in [3.05, 3.63) is 21.9 Å². The number of carbonyl (C=O) groups excluding carboxylic acids is 1. The van der Waals surface area contributed by atoms with Crippen LogP contribution in [0, 0.1) is 0 Å². The number of carbonyl (C=O) groups is 1. The molecule has 2 rings (SSSR count). The van der Waals surface area contributed by atoms with Gasteiger partial charge in [-0.25, -0.2) is 0 Å². The fraction of sp³-hybridized carbons (Fsp3) is 0.583. The summed E-state index contributed by atoms with van der Waals surface area (Å²) in [6, 6.07) is 4.36. The zero-order valence-corrected chi connectivity index (χ0v) is 10.6. The van der Waals surface area contributed by atoms with Crippen LogP contribution in [0.2, 0.25) is 0 Å². The first-order valence-corrected chi connectivity index (χ1v) is 6.60. The molecule has 1 aromatic rings. The van der Waals surface area contributed by atoms with Crippen LogP contribution < -0.4 is 5.32 Å². The molecule has 0 spiro atoms. The third kappa shape index (κ3) is 2.28. The Morgan fingerprint density at radius 2 is 2.44 bits per heavy atom. The van der Waals surface area contributed by atoms with Gasteiger partial charge >= 0.3 is 0 Å². The molecule has 0 radical (unpaired) electrons. The molecule has 1 unspecified atom stereocenters. The maximum Gasteiger partial charge on any atom is 0.263 e. The van der Waals surface area contributed by atoms with Gasteiger partial charge in [0.1, 0.15) is 0 Å². The highest BCUT2D eigenvalue weighted by Gasteiger charge is 2.24. The summed E-state index contributed by atoms with van der Waals surface area (Å²) in [7, 11) is 1.91. The summed E-state index contributed by atoms with van der Waals surface area (Å²) < 4.78 is 0. The quantitative estimate of drug-likeness (QED) is 0.870.